The first-order valence-corrected chi connectivity index (χ1v) is 3.25. The third kappa shape index (κ3) is 0.858. The molecule has 0 bridgehead atoms. The van der Waals surface area contributed by atoms with Crippen LogP contribution in [-0.4, -0.2) is 17.1 Å². The van der Waals surface area contributed by atoms with Gasteiger partial charge in [-0.3, -0.25) is 5.84 Å². The highest BCUT2D eigenvalue weighted by molar-refractivity contribution is 4.77. The number of rotatable bonds is 0. The lowest BCUT2D eigenvalue weighted by Crippen LogP contribution is -2.38. The molecule has 0 aromatic rings. The molecule has 0 aromatic heterocycles. The molecule has 0 unspecified atom stereocenters. The molecule has 2 N–H and O–H groups in total. The van der Waals surface area contributed by atoms with E-state index in [2.05, 4.69) is 13.8 Å². The van der Waals surface area contributed by atoms with Crippen molar-refractivity contribution >= 4 is 0 Å². The average Bonchev–Trinajstić information content (AvgIpc) is 1.98. The van der Waals surface area contributed by atoms with Crippen molar-refractivity contribution in [3.8, 4) is 0 Å². The molecule has 0 amide bonds. The normalized spacial score (nSPS) is 40.9. The highest BCUT2D eigenvalue weighted by Gasteiger charge is 2.23. The van der Waals surface area contributed by atoms with Gasteiger partial charge >= 0.3 is 0 Å². The van der Waals surface area contributed by atoms with Crippen molar-refractivity contribution < 1.29 is 0 Å². The molecule has 1 heterocycles. The highest BCUT2D eigenvalue weighted by Crippen LogP contribution is 2.18. The second-order valence-corrected chi connectivity index (χ2v) is 2.72. The van der Waals surface area contributed by atoms with Gasteiger partial charge in [0.2, 0.25) is 0 Å². The molecule has 0 spiro atoms. The molecule has 0 aliphatic carbocycles. The first-order chi connectivity index (χ1) is 3.72. The lowest BCUT2D eigenvalue weighted by molar-refractivity contribution is 0.220. The van der Waals surface area contributed by atoms with Gasteiger partial charge in [0.15, 0.2) is 0 Å². The van der Waals surface area contributed by atoms with Crippen molar-refractivity contribution in [1.29, 1.82) is 0 Å². The van der Waals surface area contributed by atoms with Gasteiger partial charge in [-0.25, -0.2) is 5.01 Å². The van der Waals surface area contributed by atoms with E-state index in [1.165, 1.54) is 12.8 Å². The Bertz CT molecular complexity index is 72.6. The third-order valence-corrected chi connectivity index (χ3v) is 2.02. The molecule has 1 aliphatic heterocycles. The molecule has 1 fully saturated rings. The number of nitrogens with two attached hydrogens (primary N) is 1. The molecule has 0 radical (unpaired) electrons. The zero-order chi connectivity index (χ0) is 6.15. The maximum absolute atomic E-state index is 5.66. The lowest BCUT2D eigenvalue weighted by Gasteiger charge is -2.18. The second-order valence-electron chi connectivity index (χ2n) is 2.72. The van der Waals surface area contributed by atoms with Crippen LogP contribution in [0.1, 0.15) is 26.7 Å². The Hall–Kier alpha value is -0.0800. The van der Waals surface area contributed by atoms with Crippen LogP contribution < -0.4 is 5.84 Å². The van der Waals surface area contributed by atoms with Gasteiger partial charge < -0.3 is 0 Å². The van der Waals surface area contributed by atoms with Crippen LogP contribution in [0, 0.1) is 0 Å². The Morgan fingerprint density at radius 2 is 1.62 bits per heavy atom. The molecule has 1 saturated heterocycles. The standard InChI is InChI=1S/C6H14N2/c1-5-3-4-6(2)8(5)7/h5-6H,3-4,7H2,1-2H3/t5-,6+. The van der Waals surface area contributed by atoms with E-state index in [9.17, 15) is 0 Å². The zero-order valence-electron chi connectivity index (χ0n) is 5.59. The van der Waals surface area contributed by atoms with Gasteiger partial charge in [-0.1, -0.05) is 0 Å². The number of hydrogen-bond acceptors (Lipinski definition) is 2. The molecule has 0 aromatic carbocycles. The average molecular weight is 114 g/mol. The zero-order valence-corrected chi connectivity index (χ0v) is 5.59. The monoisotopic (exact) mass is 114 g/mol. The van der Waals surface area contributed by atoms with Crippen LogP contribution in [0.5, 0.6) is 0 Å². The van der Waals surface area contributed by atoms with Crippen LogP contribution >= 0.6 is 0 Å². The highest BCUT2D eigenvalue weighted by atomic mass is 15.4. The number of hydrazine groups is 1. The lowest BCUT2D eigenvalue weighted by atomic mass is 10.2. The summed E-state index contributed by atoms with van der Waals surface area (Å²) in [6.45, 7) is 4.34. The second kappa shape index (κ2) is 2.03. The number of nitrogens with zero attached hydrogens (tertiary/aromatic N) is 1. The molecule has 2 atom stereocenters. The van der Waals surface area contributed by atoms with Crippen LogP contribution in [0.15, 0.2) is 0 Å². The third-order valence-electron chi connectivity index (χ3n) is 2.02. The van der Waals surface area contributed by atoms with Gasteiger partial charge in [0.1, 0.15) is 0 Å². The van der Waals surface area contributed by atoms with E-state index in [1.807, 2.05) is 5.01 Å². The molecular weight excluding hydrogens is 100 g/mol. The van der Waals surface area contributed by atoms with Crippen molar-refractivity contribution in [2.75, 3.05) is 0 Å². The van der Waals surface area contributed by atoms with Crippen molar-refractivity contribution in [1.82, 2.24) is 5.01 Å². The van der Waals surface area contributed by atoms with Crippen molar-refractivity contribution in [3.63, 3.8) is 0 Å². The van der Waals surface area contributed by atoms with Gasteiger partial charge in [-0.2, -0.15) is 0 Å². The summed E-state index contributed by atoms with van der Waals surface area (Å²) < 4.78 is 0. The molecule has 0 saturated carbocycles. The fourth-order valence-corrected chi connectivity index (χ4v) is 1.21. The van der Waals surface area contributed by atoms with Crippen LogP contribution in [0.3, 0.4) is 0 Å². The van der Waals surface area contributed by atoms with E-state index in [0.717, 1.165) is 0 Å². The van der Waals surface area contributed by atoms with Gasteiger partial charge in [0.05, 0.1) is 0 Å². The Balaban J connectivity index is 2.44. The summed E-state index contributed by atoms with van der Waals surface area (Å²) in [6.07, 6.45) is 2.52. The summed E-state index contributed by atoms with van der Waals surface area (Å²) in [4.78, 5) is 0. The topological polar surface area (TPSA) is 29.3 Å². The predicted molar refractivity (Wildman–Crippen MR) is 34.2 cm³/mol. The van der Waals surface area contributed by atoms with Gasteiger partial charge in [0, 0.05) is 12.1 Å². The summed E-state index contributed by atoms with van der Waals surface area (Å²) in [7, 11) is 0. The van der Waals surface area contributed by atoms with Crippen molar-refractivity contribution in [2.45, 2.75) is 38.8 Å². The predicted octanol–water partition coefficient (Wildman–Crippen LogP) is 0.733. The van der Waals surface area contributed by atoms with E-state index in [-0.39, 0.29) is 0 Å². The van der Waals surface area contributed by atoms with E-state index in [4.69, 9.17) is 5.84 Å². The van der Waals surface area contributed by atoms with E-state index < -0.39 is 0 Å². The van der Waals surface area contributed by atoms with Crippen molar-refractivity contribution in [3.05, 3.63) is 0 Å². The minimum Gasteiger partial charge on any atom is -0.268 e. The SMILES string of the molecule is C[C@@H]1CC[C@H](C)N1N. The smallest absolute Gasteiger partial charge is 0.0216 e. The quantitative estimate of drug-likeness (QED) is 0.470. The Kier molecular flexibility index (Phi) is 1.54. The largest absolute Gasteiger partial charge is 0.268 e. The minimum atomic E-state index is 0.602. The van der Waals surface area contributed by atoms with Gasteiger partial charge in [-0.15, -0.1) is 0 Å². The summed E-state index contributed by atoms with van der Waals surface area (Å²) >= 11 is 0. The summed E-state index contributed by atoms with van der Waals surface area (Å²) in [6, 6.07) is 1.20. The van der Waals surface area contributed by atoms with E-state index >= 15 is 0 Å². The first kappa shape index (κ1) is 6.05. The summed E-state index contributed by atoms with van der Waals surface area (Å²) in [5.41, 5.74) is 0. The van der Waals surface area contributed by atoms with Crippen molar-refractivity contribution in [2.24, 2.45) is 5.84 Å². The maximum Gasteiger partial charge on any atom is 0.0216 e. The van der Waals surface area contributed by atoms with E-state index in [0.29, 0.717) is 12.1 Å². The Morgan fingerprint density at radius 3 is 1.75 bits per heavy atom. The molecule has 2 heteroatoms. The summed E-state index contributed by atoms with van der Waals surface area (Å²) in [5, 5.41) is 1.94. The number of hydrogen-bond donors (Lipinski definition) is 1. The van der Waals surface area contributed by atoms with Crippen LogP contribution in [0.25, 0.3) is 0 Å². The molecular formula is C6H14N2. The van der Waals surface area contributed by atoms with E-state index in [1.54, 1.807) is 0 Å². The van der Waals surface area contributed by atoms with Gasteiger partial charge in [-0.05, 0) is 26.7 Å². The van der Waals surface area contributed by atoms with Crippen LogP contribution in [0.4, 0.5) is 0 Å². The molecule has 48 valence electrons. The molecule has 1 aliphatic rings. The summed E-state index contributed by atoms with van der Waals surface area (Å²) in [5.74, 6) is 5.66. The fourth-order valence-electron chi connectivity index (χ4n) is 1.21. The Morgan fingerprint density at radius 1 is 1.25 bits per heavy atom. The molecule has 8 heavy (non-hydrogen) atoms. The van der Waals surface area contributed by atoms with Gasteiger partial charge in [0.25, 0.3) is 0 Å². The van der Waals surface area contributed by atoms with Crippen LogP contribution in [-0.2, 0) is 0 Å². The molecule has 1 rings (SSSR count). The van der Waals surface area contributed by atoms with Crippen LogP contribution in [0.2, 0.25) is 0 Å². The fraction of sp³-hybridized carbons (Fsp3) is 1.00. The minimum absolute atomic E-state index is 0.602. The Labute approximate surface area is 50.6 Å². The first-order valence-electron chi connectivity index (χ1n) is 3.25. The molecule has 2 nitrogen and oxygen atoms in total. The maximum atomic E-state index is 5.66.